The monoisotopic (exact) mass is 376 g/mol. The number of nitrogens with zero attached hydrogens (tertiary/aromatic N) is 5. The van der Waals surface area contributed by atoms with Crippen molar-refractivity contribution in [3.8, 4) is 5.95 Å². The molecule has 3 aromatic rings. The third-order valence-corrected chi connectivity index (χ3v) is 5.00. The van der Waals surface area contributed by atoms with Gasteiger partial charge in [0, 0.05) is 12.7 Å². The van der Waals surface area contributed by atoms with E-state index in [9.17, 15) is 9.59 Å². The van der Waals surface area contributed by atoms with Crippen LogP contribution in [-0.2, 0) is 6.54 Å². The molecule has 0 saturated heterocycles. The molecule has 9 nitrogen and oxygen atoms in total. The molecule has 3 heterocycles. The molecule has 1 aliphatic carbocycles. The number of halogens is 1. The number of hydrogen-bond acceptors (Lipinski definition) is 5. The number of aromatic carboxylic acids is 1. The van der Waals surface area contributed by atoms with Gasteiger partial charge in [-0.15, -0.1) is 0 Å². The highest BCUT2D eigenvalue weighted by molar-refractivity contribution is 6.33. The summed E-state index contributed by atoms with van der Waals surface area (Å²) in [6.45, 7) is 0.637. The second kappa shape index (κ2) is 6.56. The second-order valence-electron chi connectivity index (χ2n) is 6.54. The lowest BCUT2D eigenvalue weighted by Crippen LogP contribution is -2.20. The first-order chi connectivity index (χ1) is 12.5. The molecule has 0 amide bonds. The van der Waals surface area contributed by atoms with Gasteiger partial charge < -0.3 is 5.11 Å². The lowest BCUT2D eigenvalue weighted by atomic mass is 9.89. The number of fused-ring (bicyclic) bond motifs is 1. The first kappa shape index (κ1) is 16.8. The van der Waals surface area contributed by atoms with E-state index in [1.54, 1.807) is 4.68 Å². The fourth-order valence-corrected chi connectivity index (χ4v) is 3.67. The topological polar surface area (TPSA) is 119 Å². The number of nitrogens with one attached hydrogen (secondary N) is 1. The molecule has 0 bridgehead atoms. The molecule has 0 spiro atoms. The van der Waals surface area contributed by atoms with Crippen LogP contribution in [0, 0.1) is 5.92 Å². The number of carboxylic acids is 1. The minimum atomic E-state index is -1.11. The quantitative estimate of drug-likeness (QED) is 0.720. The summed E-state index contributed by atoms with van der Waals surface area (Å²) in [6, 6.07) is 0. The van der Waals surface area contributed by atoms with Gasteiger partial charge in [0.1, 0.15) is 5.52 Å². The van der Waals surface area contributed by atoms with E-state index < -0.39 is 5.97 Å². The molecule has 0 aromatic carbocycles. The van der Waals surface area contributed by atoms with Gasteiger partial charge in [0.25, 0.3) is 5.56 Å². The Bertz CT molecular complexity index is 1030. The lowest BCUT2D eigenvalue weighted by molar-refractivity contribution is 0.0697. The van der Waals surface area contributed by atoms with Crippen LogP contribution >= 0.6 is 11.6 Å². The molecule has 1 saturated carbocycles. The van der Waals surface area contributed by atoms with Gasteiger partial charge in [0.05, 0.1) is 11.8 Å². The zero-order valence-corrected chi connectivity index (χ0v) is 14.6. The SMILES string of the molecule is O=C(O)c1cnn(-c2nc3c(Cl)nn(CC4CCCCC4)c3c(=O)[nH]2)c1. The molecule has 10 heteroatoms. The van der Waals surface area contributed by atoms with Crippen molar-refractivity contribution in [2.75, 3.05) is 0 Å². The Hall–Kier alpha value is -2.68. The molecule has 136 valence electrons. The standard InChI is InChI=1S/C16H17ClN6O3/c17-13-11-12(22(21-13)7-9-4-2-1-3-5-9)14(24)20-16(19-11)23-8-10(6-18-23)15(25)26/h6,8-9H,1-5,7H2,(H,25,26)(H,19,20,24). The van der Waals surface area contributed by atoms with Gasteiger partial charge >= 0.3 is 5.97 Å². The summed E-state index contributed by atoms with van der Waals surface area (Å²) in [5.74, 6) is -0.543. The summed E-state index contributed by atoms with van der Waals surface area (Å²) in [6.07, 6.45) is 8.34. The number of H-pyrrole nitrogens is 1. The Labute approximate surface area is 152 Å². The van der Waals surface area contributed by atoms with Gasteiger partial charge in [-0.25, -0.2) is 14.5 Å². The van der Waals surface area contributed by atoms with Crippen LogP contribution < -0.4 is 5.56 Å². The minimum absolute atomic E-state index is 0.00756. The second-order valence-corrected chi connectivity index (χ2v) is 6.90. The average molecular weight is 377 g/mol. The predicted molar refractivity (Wildman–Crippen MR) is 93.8 cm³/mol. The van der Waals surface area contributed by atoms with Crippen LogP contribution in [-0.4, -0.2) is 40.6 Å². The van der Waals surface area contributed by atoms with Crippen LogP contribution in [0.4, 0.5) is 0 Å². The zero-order valence-electron chi connectivity index (χ0n) is 13.9. The third kappa shape index (κ3) is 2.98. The van der Waals surface area contributed by atoms with Crippen molar-refractivity contribution < 1.29 is 9.90 Å². The summed E-state index contributed by atoms with van der Waals surface area (Å²) in [7, 11) is 0. The lowest BCUT2D eigenvalue weighted by Gasteiger charge is -2.21. The van der Waals surface area contributed by atoms with Crippen molar-refractivity contribution >= 4 is 28.6 Å². The highest BCUT2D eigenvalue weighted by Gasteiger charge is 2.21. The molecule has 26 heavy (non-hydrogen) atoms. The first-order valence-corrected chi connectivity index (χ1v) is 8.85. The molecule has 0 aliphatic heterocycles. The maximum Gasteiger partial charge on any atom is 0.338 e. The average Bonchev–Trinajstić information content (AvgIpc) is 3.22. The molecule has 2 N–H and O–H groups in total. The van der Waals surface area contributed by atoms with Crippen molar-refractivity contribution in [2.24, 2.45) is 5.92 Å². The van der Waals surface area contributed by atoms with Gasteiger partial charge in [-0.1, -0.05) is 30.9 Å². The summed E-state index contributed by atoms with van der Waals surface area (Å²) in [4.78, 5) is 30.6. The Kier molecular flexibility index (Phi) is 4.23. The number of aromatic nitrogens is 6. The molecular formula is C16H17ClN6O3. The Morgan fingerprint density at radius 2 is 2.12 bits per heavy atom. The maximum atomic E-state index is 12.6. The maximum absolute atomic E-state index is 12.6. The fraction of sp³-hybridized carbons (Fsp3) is 0.438. The Balaban J connectivity index is 1.74. The summed E-state index contributed by atoms with van der Waals surface area (Å²) < 4.78 is 2.83. The number of carboxylic acid groups (broad SMARTS) is 1. The largest absolute Gasteiger partial charge is 0.478 e. The van der Waals surface area contributed by atoms with Crippen molar-refractivity contribution in [3.63, 3.8) is 0 Å². The van der Waals surface area contributed by atoms with Crippen molar-refractivity contribution in [1.82, 2.24) is 29.5 Å². The van der Waals surface area contributed by atoms with Crippen LogP contribution in [0.5, 0.6) is 0 Å². The fourth-order valence-electron chi connectivity index (χ4n) is 3.45. The van der Waals surface area contributed by atoms with Crippen LogP contribution in [0.1, 0.15) is 42.5 Å². The zero-order chi connectivity index (χ0) is 18.3. The van der Waals surface area contributed by atoms with Crippen LogP contribution in [0.2, 0.25) is 5.15 Å². The van der Waals surface area contributed by atoms with E-state index in [4.69, 9.17) is 16.7 Å². The van der Waals surface area contributed by atoms with Gasteiger partial charge in [-0.3, -0.25) is 14.5 Å². The van der Waals surface area contributed by atoms with Gasteiger partial charge in [-0.05, 0) is 18.8 Å². The van der Waals surface area contributed by atoms with Crippen LogP contribution in [0.3, 0.4) is 0 Å². The summed E-state index contributed by atoms with van der Waals surface area (Å²) in [5.41, 5.74) is 0.225. The van der Waals surface area contributed by atoms with E-state index in [1.807, 2.05) is 0 Å². The van der Waals surface area contributed by atoms with Crippen LogP contribution in [0.25, 0.3) is 17.0 Å². The van der Waals surface area contributed by atoms with E-state index in [-0.39, 0.29) is 27.7 Å². The number of hydrogen-bond donors (Lipinski definition) is 2. The van der Waals surface area contributed by atoms with E-state index >= 15 is 0 Å². The van der Waals surface area contributed by atoms with E-state index in [0.29, 0.717) is 18.0 Å². The van der Waals surface area contributed by atoms with E-state index in [2.05, 4.69) is 20.2 Å². The molecular weight excluding hydrogens is 360 g/mol. The highest BCUT2D eigenvalue weighted by atomic mass is 35.5. The van der Waals surface area contributed by atoms with Gasteiger partial charge in [0.15, 0.2) is 10.7 Å². The number of aromatic amines is 1. The molecule has 4 rings (SSSR count). The molecule has 1 fully saturated rings. The summed E-state index contributed by atoms with van der Waals surface area (Å²) in [5, 5.41) is 17.3. The highest BCUT2D eigenvalue weighted by Crippen LogP contribution is 2.27. The molecule has 0 atom stereocenters. The molecule has 0 unspecified atom stereocenters. The minimum Gasteiger partial charge on any atom is -0.478 e. The number of rotatable bonds is 4. The molecule has 3 aromatic heterocycles. The van der Waals surface area contributed by atoms with Crippen LogP contribution in [0.15, 0.2) is 17.2 Å². The smallest absolute Gasteiger partial charge is 0.338 e. The normalized spacial score (nSPS) is 15.6. The van der Waals surface area contributed by atoms with E-state index in [1.165, 1.54) is 36.3 Å². The summed E-state index contributed by atoms with van der Waals surface area (Å²) >= 11 is 6.21. The molecule has 1 aliphatic rings. The van der Waals surface area contributed by atoms with Crippen molar-refractivity contribution in [1.29, 1.82) is 0 Å². The third-order valence-electron chi connectivity index (χ3n) is 4.75. The van der Waals surface area contributed by atoms with Crippen molar-refractivity contribution in [3.05, 3.63) is 33.5 Å². The Morgan fingerprint density at radius 3 is 2.81 bits per heavy atom. The van der Waals surface area contributed by atoms with Gasteiger partial charge in [0.2, 0.25) is 5.95 Å². The van der Waals surface area contributed by atoms with Crippen molar-refractivity contribution in [2.45, 2.75) is 38.6 Å². The first-order valence-electron chi connectivity index (χ1n) is 8.47. The molecule has 0 radical (unpaired) electrons. The van der Waals surface area contributed by atoms with Gasteiger partial charge in [-0.2, -0.15) is 10.2 Å². The predicted octanol–water partition coefficient (Wildman–Crippen LogP) is 2.24. The number of carbonyl (C=O) groups is 1. The van der Waals surface area contributed by atoms with E-state index in [0.717, 1.165) is 12.8 Å². The Morgan fingerprint density at radius 1 is 1.35 bits per heavy atom.